The first kappa shape index (κ1) is 43.1. The van der Waals surface area contributed by atoms with Crippen molar-refractivity contribution in [2.45, 2.75) is 104 Å². The number of carboxylic acid groups (broad SMARTS) is 1. The van der Waals surface area contributed by atoms with E-state index < -0.39 is 59.9 Å². The fourth-order valence-electron chi connectivity index (χ4n) is 6.89. The van der Waals surface area contributed by atoms with Crippen molar-refractivity contribution in [2.24, 2.45) is 5.41 Å². The van der Waals surface area contributed by atoms with Crippen molar-refractivity contribution < 1.29 is 47.2 Å². The van der Waals surface area contributed by atoms with E-state index in [1.54, 1.807) is 82.4 Å². The van der Waals surface area contributed by atoms with Crippen LogP contribution in [0.15, 0.2) is 54.7 Å². The molecule has 4 aromatic rings. The molecule has 4 heterocycles. The highest BCUT2D eigenvalue weighted by molar-refractivity contribution is 5.95. The van der Waals surface area contributed by atoms with Crippen molar-refractivity contribution >= 4 is 28.9 Å². The van der Waals surface area contributed by atoms with Gasteiger partial charge in [0.2, 0.25) is 6.30 Å². The Morgan fingerprint density at radius 1 is 1.07 bits per heavy atom. The lowest BCUT2D eigenvalue weighted by molar-refractivity contribution is -0.147. The number of carboxylic acids is 1. The number of fused-ring (bicyclic) bond motifs is 1. The van der Waals surface area contributed by atoms with Gasteiger partial charge in [0.05, 0.1) is 28.7 Å². The Bertz CT molecular complexity index is 2090. The van der Waals surface area contributed by atoms with Crippen LogP contribution in [0, 0.1) is 5.41 Å². The summed E-state index contributed by atoms with van der Waals surface area (Å²) >= 11 is 0. The Morgan fingerprint density at radius 3 is 2.46 bits per heavy atom. The van der Waals surface area contributed by atoms with Crippen LogP contribution in [0.3, 0.4) is 0 Å². The van der Waals surface area contributed by atoms with Crippen LogP contribution < -0.4 is 10.7 Å². The van der Waals surface area contributed by atoms with E-state index >= 15 is 4.39 Å². The summed E-state index contributed by atoms with van der Waals surface area (Å²) in [4.78, 5) is 47.8. The van der Waals surface area contributed by atoms with Crippen molar-refractivity contribution in [3.63, 3.8) is 0 Å². The maximum absolute atomic E-state index is 15.9. The summed E-state index contributed by atoms with van der Waals surface area (Å²) in [5.74, 6) is -1.69. The zero-order valence-electron chi connectivity index (χ0n) is 33.2. The van der Waals surface area contributed by atoms with E-state index in [4.69, 9.17) is 14.5 Å². The van der Waals surface area contributed by atoms with Gasteiger partial charge in [-0.15, -0.1) is 0 Å². The maximum atomic E-state index is 15.9. The number of halogens is 3. The van der Waals surface area contributed by atoms with E-state index in [-0.39, 0.29) is 37.2 Å². The number of carbonyl (C=O) groups is 3. The summed E-state index contributed by atoms with van der Waals surface area (Å²) < 4.78 is 56.7. The minimum absolute atomic E-state index is 0.0973. The van der Waals surface area contributed by atoms with E-state index in [2.05, 4.69) is 15.7 Å². The number of aromatic nitrogens is 3. The predicted octanol–water partition coefficient (Wildman–Crippen LogP) is 6.78. The lowest BCUT2D eigenvalue weighted by Gasteiger charge is -2.34. The fourth-order valence-corrected chi connectivity index (χ4v) is 6.89. The molecule has 5 rings (SSSR count). The predicted molar refractivity (Wildman–Crippen MR) is 207 cm³/mol. The van der Waals surface area contributed by atoms with Crippen LogP contribution in [0.25, 0.3) is 33.4 Å². The molecular formula is C41H51F3N6O7. The summed E-state index contributed by atoms with van der Waals surface area (Å²) in [6.07, 6.45) is -5.12. The molecule has 1 saturated heterocycles. The summed E-state index contributed by atoms with van der Waals surface area (Å²) in [7, 11) is 1.49. The summed E-state index contributed by atoms with van der Waals surface area (Å²) in [6, 6.07) is 11.2. The number of hydrogen-bond donors (Lipinski definition) is 4. The first-order chi connectivity index (χ1) is 26.8. The molecule has 4 N–H and O–H groups in total. The largest absolute Gasteiger partial charge is 0.480 e. The summed E-state index contributed by atoms with van der Waals surface area (Å²) in [5.41, 5.74) is 4.23. The molecule has 0 saturated carbocycles. The van der Waals surface area contributed by atoms with Crippen LogP contribution in [0.1, 0.15) is 83.7 Å². The second-order valence-corrected chi connectivity index (χ2v) is 16.0. The number of ether oxygens (including phenoxy) is 2. The highest BCUT2D eigenvalue weighted by Gasteiger charge is 2.35. The van der Waals surface area contributed by atoms with Crippen LogP contribution in [0.4, 0.5) is 18.0 Å². The Labute approximate surface area is 329 Å². The normalized spacial score (nSPS) is 16.7. The van der Waals surface area contributed by atoms with Crippen molar-refractivity contribution in [1.82, 2.24) is 30.3 Å². The van der Waals surface area contributed by atoms with Gasteiger partial charge in [0.1, 0.15) is 17.7 Å². The fraction of sp³-hybridized carbons (Fsp3) is 0.488. The van der Waals surface area contributed by atoms with Crippen LogP contribution in [-0.4, -0.2) is 92.1 Å². The number of nitrogens with one attached hydrogen (secondary N) is 2. The number of benzene rings is 1. The van der Waals surface area contributed by atoms with Crippen LogP contribution >= 0.6 is 0 Å². The number of nitrogens with zero attached hydrogens (tertiary/aromatic N) is 4. The molecule has 3 aromatic heterocycles. The number of hydrogen-bond acceptors (Lipinski definition) is 9. The second-order valence-electron chi connectivity index (χ2n) is 16.0. The van der Waals surface area contributed by atoms with Gasteiger partial charge in [-0.3, -0.25) is 24.6 Å². The van der Waals surface area contributed by atoms with Crippen LogP contribution in [0.2, 0.25) is 0 Å². The first-order valence-corrected chi connectivity index (χ1v) is 18.8. The molecule has 308 valence electrons. The number of methoxy groups -OCH3 is 1. The maximum Gasteiger partial charge on any atom is 0.408 e. The molecule has 13 nitrogen and oxygen atoms in total. The SMILES string of the molecule is CO[C@@H](C)c1ncccc1-c1c(CC(C)(C)CO)c2cc(-c3cccc(CC(NC(=O)OC(C)(C)C)C(=O)N4CCCC(C(=O)O)N4)n3)ccc2n1C(F)C(F)F. The van der Waals surface area contributed by atoms with E-state index in [9.17, 15) is 33.4 Å². The van der Waals surface area contributed by atoms with Crippen molar-refractivity contribution in [3.8, 4) is 22.5 Å². The van der Waals surface area contributed by atoms with Crippen molar-refractivity contribution in [3.05, 3.63) is 71.7 Å². The average Bonchev–Trinajstić information content (AvgIpc) is 3.48. The molecule has 1 aliphatic heterocycles. The molecule has 4 atom stereocenters. The molecule has 1 aromatic carbocycles. The number of rotatable bonds is 14. The molecule has 16 heteroatoms. The molecular weight excluding hydrogens is 745 g/mol. The summed E-state index contributed by atoms with van der Waals surface area (Å²) in [5, 5.41) is 24.2. The molecule has 2 amide bonds. The van der Waals surface area contributed by atoms with Gasteiger partial charge in [0, 0.05) is 55.1 Å². The van der Waals surface area contributed by atoms with E-state index in [1.165, 1.54) is 12.1 Å². The third-order valence-corrected chi connectivity index (χ3v) is 9.73. The molecule has 0 aliphatic carbocycles. The topological polar surface area (TPSA) is 168 Å². The Morgan fingerprint density at radius 2 is 1.81 bits per heavy atom. The van der Waals surface area contributed by atoms with Gasteiger partial charge in [0.25, 0.3) is 12.3 Å². The molecule has 3 unspecified atom stereocenters. The van der Waals surface area contributed by atoms with Crippen LogP contribution in [-0.2, 0) is 31.9 Å². The highest BCUT2D eigenvalue weighted by atomic mass is 19.3. The standard InChI is InChI=1S/C41H51F3N6O7/c1-23(56-7)33-26(12-9-17-45-33)34-28(21-41(5,6)22-51)27-19-24(15-16-32(27)50(34)36(44)35(42)43)29-13-8-11-25(46-29)20-31(47-39(55)57-40(2,3)4)37(52)49-18-10-14-30(48-49)38(53)54/h8-9,11-13,15-17,19,23,30-31,35-36,48,51H,10,14,18,20-22H2,1-7H3,(H,47,55)(H,53,54)/t23-,30?,31?,36?/m0/s1. The van der Waals surface area contributed by atoms with E-state index in [1.807, 2.05) is 13.8 Å². The van der Waals surface area contributed by atoms with Crippen molar-refractivity contribution in [2.75, 3.05) is 20.3 Å². The molecule has 57 heavy (non-hydrogen) atoms. The number of aliphatic hydroxyl groups is 1. The molecule has 1 fully saturated rings. The molecule has 0 radical (unpaired) electrons. The zero-order chi connectivity index (χ0) is 41.8. The van der Waals surface area contributed by atoms with Gasteiger partial charge in [-0.05, 0) is 94.3 Å². The van der Waals surface area contributed by atoms with Gasteiger partial charge in [-0.25, -0.2) is 23.4 Å². The Balaban J connectivity index is 1.62. The number of alkyl halides is 3. The smallest absolute Gasteiger partial charge is 0.408 e. The third kappa shape index (κ3) is 10.1. The average molecular weight is 797 g/mol. The zero-order valence-corrected chi connectivity index (χ0v) is 33.2. The first-order valence-electron chi connectivity index (χ1n) is 18.8. The van der Waals surface area contributed by atoms with Gasteiger partial charge < -0.3 is 29.6 Å². The number of aliphatic hydroxyl groups excluding tert-OH is 1. The highest BCUT2D eigenvalue weighted by Crippen LogP contribution is 2.44. The Hall–Kier alpha value is -5.06. The number of hydrazine groups is 1. The monoisotopic (exact) mass is 796 g/mol. The van der Waals surface area contributed by atoms with Gasteiger partial charge >= 0.3 is 12.1 Å². The van der Waals surface area contributed by atoms with Gasteiger partial charge in [-0.1, -0.05) is 26.0 Å². The number of alkyl carbamates (subject to hydrolysis) is 1. The van der Waals surface area contributed by atoms with Gasteiger partial charge in [0.15, 0.2) is 0 Å². The Kier molecular flexibility index (Phi) is 13.3. The van der Waals surface area contributed by atoms with E-state index in [0.717, 1.165) is 4.57 Å². The summed E-state index contributed by atoms with van der Waals surface area (Å²) in [6.45, 7) is 10.4. The number of aliphatic carboxylic acids is 1. The lowest BCUT2D eigenvalue weighted by Crippen LogP contribution is -2.60. The minimum Gasteiger partial charge on any atom is -0.480 e. The number of pyridine rings is 2. The molecule has 1 aliphatic rings. The lowest BCUT2D eigenvalue weighted by atomic mass is 9.84. The molecule has 0 bridgehead atoms. The third-order valence-electron chi connectivity index (χ3n) is 9.73. The van der Waals surface area contributed by atoms with Crippen LogP contribution in [0.5, 0.6) is 0 Å². The minimum atomic E-state index is -3.36. The quantitative estimate of drug-likeness (QED) is 0.107. The van der Waals surface area contributed by atoms with Gasteiger partial charge in [-0.2, -0.15) is 0 Å². The van der Waals surface area contributed by atoms with E-state index in [0.29, 0.717) is 52.0 Å². The van der Waals surface area contributed by atoms with Crippen molar-refractivity contribution in [1.29, 1.82) is 0 Å². The molecule has 0 spiro atoms. The number of carbonyl (C=O) groups excluding carboxylic acids is 2. The number of amides is 2. The second kappa shape index (κ2) is 17.6.